The molecule has 5 aliphatic rings. The molecule has 0 unspecified atom stereocenters. The molecule has 0 bridgehead atoms. The molecule has 8 heterocycles. The molecule has 143 heavy (non-hydrogen) atoms. The number of benzene rings is 9. The van der Waals surface area contributed by atoms with Crippen LogP contribution in [0.1, 0.15) is 175 Å². The molecule has 0 fully saturated rings. The molecule has 30 nitrogen and oxygen atoms in total. The number of aryl methyl sites for hydroxylation is 5. The fourth-order valence-corrected chi connectivity index (χ4v) is 14.7. The molecule has 0 radical (unpaired) electrons. The van der Waals surface area contributed by atoms with E-state index in [4.69, 9.17) is 43.3 Å². The third-order valence-corrected chi connectivity index (χ3v) is 21.6. The molecule has 5 aliphatic heterocycles. The summed E-state index contributed by atoms with van der Waals surface area (Å²) < 4.78 is 54.6. The van der Waals surface area contributed by atoms with Crippen LogP contribution < -0.4 is 355 Å². The third-order valence-electron chi connectivity index (χ3n) is 21.6. The van der Waals surface area contributed by atoms with Gasteiger partial charge in [0.25, 0.3) is 16.7 Å². The van der Waals surface area contributed by atoms with Crippen LogP contribution in [0.2, 0.25) is 0 Å². The summed E-state index contributed by atoms with van der Waals surface area (Å²) in [6, 6.07) is 78.8. The second kappa shape index (κ2) is 69.0. The Morgan fingerprint density at radius 1 is 0.441 bits per heavy atom. The van der Waals surface area contributed by atoms with Gasteiger partial charge in [0, 0.05) is 75.7 Å². The van der Waals surface area contributed by atoms with E-state index in [2.05, 4.69) is 98.7 Å². The van der Waals surface area contributed by atoms with Gasteiger partial charge in [-0.3, -0.25) is 29.0 Å². The molecule has 0 amide bonds. The van der Waals surface area contributed by atoms with E-state index in [1.165, 1.54) is 47.0 Å². The van der Waals surface area contributed by atoms with E-state index in [1.54, 1.807) is 34.9 Å². The van der Waals surface area contributed by atoms with Crippen LogP contribution in [0.15, 0.2) is 231 Å². The minimum Gasteiger partial charge on any atom is -0.870 e. The number of ketones is 2. The van der Waals surface area contributed by atoms with Gasteiger partial charge in [-0.25, -0.2) is 19.2 Å². The van der Waals surface area contributed by atoms with Crippen LogP contribution in [0.25, 0.3) is 33.8 Å². The molecule has 0 saturated heterocycles. The van der Waals surface area contributed by atoms with Gasteiger partial charge in [-0.2, -0.15) is 88.5 Å². The summed E-state index contributed by atoms with van der Waals surface area (Å²) in [5, 5.41) is 9.11. The topological polar surface area (TPSA) is 495 Å². The smallest absolute Gasteiger partial charge is 0.870 e. The summed E-state index contributed by atoms with van der Waals surface area (Å²) in [6.45, 7) is 25.0. The molecule has 0 spiro atoms. The zero-order chi connectivity index (χ0) is 94.1. The van der Waals surface area contributed by atoms with Gasteiger partial charge < -0.3 is 99.9 Å². The van der Waals surface area contributed by atoms with E-state index in [9.17, 15) is 43.2 Å². The molecule has 3 aromatic heterocycles. The number of aliphatic imine (C=N–C) groups is 1. The van der Waals surface area contributed by atoms with Gasteiger partial charge in [0.15, 0.2) is 5.78 Å². The van der Waals surface area contributed by atoms with Crippen molar-refractivity contribution in [2.75, 3.05) is 61.5 Å². The monoisotopic (exact) mass is 2300 g/mol. The summed E-state index contributed by atoms with van der Waals surface area (Å²) >= 11 is 0. The summed E-state index contributed by atoms with van der Waals surface area (Å²) in [5.41, 5.74) is 15.4. The maximum Gasteiger partial charge on any atom is 1.00 e. The number of para-hydroxylation sites is 2. The SMILES string of the molecule is CO/C=C(/C(C)=O)C(=O)OC.COC(=O)c1cc2c([nH]c1=O)-c1cc(C)[c-]cc1OC[C@H]2C.COC(=O)c1cc2c(n(Cc3ccccc3)c1=O)-c1cc(C)[c-]cc1OC[C@H]2C.Cc1[c-]cc2c(c1)-c1[nH]c(=O)c(C(=O)O)cc1[C@H](C)CO2.Cc1[c-]cc2c(c1)C(=NCc1ccccc1)C[C@H](C)CO2.Cc1[c-]cc2c(c1)C(=O)C[C@H](C)CO2.[Li+].[OH-].[OH-].[OH-].[OH-].[OH-].[OH-].[Rb+].[Rb+].[Rb+].[Rb+].[Rb+].c1ccc(Oc2ccccc2)cc1. The molecule has 12 aromatic rings. The number of methoxy groups -OCH3 is 4. The number of ether oxygens (including phenoxy) is 10. The van der Waals surface area contributed by atoms with Gasteiger partial charge in [0.1, 0.15) is 45.8 Å². The number of nitrogens with one attached hydrogen (secondary N) is 2. The Morgan fingerprint density at radius 3 is 1.21 bits per heavy atom. The predicted octanol–water partition coefficient (Wildman–Crippen LogP) is 0.0527. The minimum absolute atomic E-state index is 0. The van der Waals surface area contributed by atoms with Gasteiger partial charge in [0.2, 0.25) is 0 Å². The first-order chi connectivity index (χ1) is 62.9. The van der Waals surface area contributed by atoms with Crippen LogP contribution in [0.3, 0.4) is 0 Å². The molecule has 9 N–H and O–H groups in total. The standard InChI is InChI=1S/C24H22NO4.C19H20NO.C17H16NO4.C16H14NO4.C12H13O2.C12H10O.C7H10O4.Li.6H2O.5Rb/c1-15-9-10-21-19(11-15)22-18(16(2)14-29-21)12-20(24(27)28-3)23(26)25(22)13-17-7-5-4-6-8-17;1-14-8-9-19-17(10-14)18(11-15(2)13-21-19)20-12-16-6-4-3-5-7-16;1-9-4-5-14-12(6-9)15-11(10(2)8-22-14)7-13(16(19)18-15)17(20)21-3;1-8-3-4-13-11(5-8)14-10(9(2)7-21-13)6-12(16(19)20)15(18)17-14;1-8-3-4-12-10(5-8)11(13)6-9(2)7-14-12;1-3-7-11(8-4-1)13-12-9-5-2-6-10-12;1-5(8)6(4-10-2)7(9)11-3;;;;;;;;;;;;/h4-8,10-12,16H,13-14H2,1-3H3;3-7,9-10,15H,11-13H2,1-2H3;5-7,10H,8H2,1-3H3,(H,18,19);4-6,9H,7H2,1-2H3,(H,17,18)(H,19,20);4-5,9H,6-7H2,1-2H3;1-10H;4H,1-3H3;;6*1H2;;;;;/q5*-1;;;+1;;;;;;;5*+1/p-6/b;;;;;;6-4-;;;;;;;;;;;;/t16-;15-;10-;2*9-;;;;;;;;;;;;;;/m10110............../s1. The third kappa shape index (κ3) is 39.3. The predicted molar refractivity (Wildman–Crippen MR) is 511 cm³/mol. The average molecular weight is 2300 g/mol. The molecule has 0 aliphatic carbocycles. The van der Waals surface area contributed by atoms with E-state index in [0.29, 0.717) is 91.2 Å². The van der Waals surface area contributed by atoms with E-state index in [-0.39, 0.29) is 400 Å². The van der Waals surface area contributed by atoms with E-state index in [1.807, 2.05) is 189 Å². The normalized spacial score (nSPS) is 14.5. The quantitative estimate of drug-likeness (QED) is 0.0213. The van der Waals surface area contributed by atoms with Gasteiger partial charge in [-0.15, -0.1) is 30.3 Å². The van der Waals surface area contributed by atoms with Crippen LogP contribution in [0, 0.1) is 76.8 Å². The number of rotatable bonds is 12. The number of Topliss-reactive ketones (excluding diaryl/α,β-unsaturated/α-hetero) is 2. The number of pyridine rings is 3. The van der Waals surface area contributed by atoms with Crippen molar-refractivity contribution < 1.29 is 424 Å². The van der Waals surface area contributed by atoms with E-state index in [0.717, 1.165) is 127 Å². The van der Waals surface area contributed by atoms with Gasteiger partial charge in [-0.05, 0) is 95.5 Å². The van der Waals surface area contributed by atoms with Crippen LogP contribution in [0.4, 0.5) is 0 Å². The first-order valence-electron chi connectivity index (χ1n) is 42.7. The average Bonchev–Trinajstić information content (AvgIpc) is 1.68. The number of fused-ring (bicyclic) bond motifs is 11. The fraction of sp³-hybridized carbons (Fsp3) is 0.271. The van der Waals surface area contributed by atoms with Crippen molar-refractivity contribution in [3.63, 3.8) is 0 Å². The van der Waals surface area contributed by atoms with Crippen molar-refractivity contribution in [3.8, 4) is 74.0 Å². The van der Waals surface area contributed by atoms with Crippen LogP contribution in [0.5, 0.6) is 40.2 Å². The molecular formula is C107H111LiN4O26Rb5-5. The number of carbonyl (C=O) groups is 6. The van der Waals surface area contributed by atoms with Crippen LogP contribution in [-0.4, -0.2) is 155 Å². The zero-order valence-corrected chi connectivity index (χ0v) is 109. The molecule has 0 saturated carbocycles. The Hall–Kier alpha value is -5.56. The maximum absolute atomic E-state index is 13.4. The number of aromatic nitrogens is 3. The molecule has 5 atom stereocenters. The molecule has 17 rings (SSSR count). The number of carboxylic acids is 1. The van der Waals surface area contributed by atoms with Gasteiger partial charge >= 0.3 is 334 Å². The van der Waals surface area contributed by atoms with Crippen molar-refractivity contribution in [2.24, 2.45) is 16.8 Å². The summed E-state index contributed by atoms with van der Waals surface area (Å²) in [5.74, 6) is 2.75. The number of carboxylic acid groups (broad SMARTS) is 1. The number of H-pyrrole nitrogens is 2. The van der Waals surface area contributed by atoms with E-state index >= 15 is 0 Å². The summed E-state index contributed by atoms with van der Waals surface area (Å²) in [4.78, 5) is 116. The molecular weight excluding hydrogens is 2190 g/mol. The van der Waals surface area contributed by atoms with Crippen LogP contribution >= 0.6 is 0 Å². The van der Waals surface area contributed by atoms with Crippen molar-refractivity contribution in [3.05, 3.63) is 357 Å². The zero-order valence-electron chi connectivity index (χ0n) is 84.7. The van der Waals surface area contributed by atoms with Crippen molar-refractivity contribution in [1.82, 2.24) is 14.5 Å². The second-order valence-electron chi connectivity index (χ2n) is 32.3. The minimum atomic E-state index is -1.23. The summed E-state index contributed by atoms with van der Waals surface area (Å²) in [6.07, 6.45) is 2.61. The Labute approximate surface area is 1090 Å². The van der Waals surface area contributed by atoms with Crippen molar-refractivity contribution in [1.29, 1.82) is 0 Å². The Morgan fingerprint density at radius 2 is 0.790 bits per heavy atom. The number of esters is 3. The first kappa shape index (κ1) is 139. The van der Waals surface area contributed by atoms with E-state index < -0.39 is 35.0 Å². The molecule has 9 aromatic carbocycles. The number of aromatic amines is 2. The number of aromatic carboxylic acids is 1. The fourth-order valence-electron chi connectivity index (χ4n) is 14.7. The Bertz CT molecular complexity index is 6370. The Balaban J connectivity index is 0. The number of hydrogen-bond acceptors (Lipinski definition) is 26. The maximum atomic E-state index is 13.4. The van der Waals surface area contributed by atoms with Crippen molar-refractivity contribution >= 4 is 41.2 Å². The number of hydrogen-bond donors (Lipinski definition) is 3. The van der Waals surface area contributed by atoms with Crippen LogP contribution in [-0.2, 0) is 41.6 Å². The first-order valence-corrected chi connectivity index (χ1v) is 42.7. The van der Waals surface area contributed by atoms with Crippen molar-refractivity contribution in [2.45, 2.75) is 120 Å². The molecule has 36 heteroatoms. The Kier molecular flexibility index (Phi) is 67.3. The van der Waals surface area contributed by atoms with Gasteiger partial charge in [-0.1, -0.05) is 194 Å². The summed E-state index contributed by atoms with van der Waals surface area (Å²) in [7, 11) is 5.10. The second-order valence-corrected chi connectivity index (χ2v) is 32.3. The molecule has 726 valence electrons. The largest absolute Gasteiger partial charge is 1.00 e. The van der Waals surface area contributed by atoms with Gasteiger partial charge in [0.05, 0.1) is 74.6 Å². The number of nitrogens with zero attached hydrogens (tertiary/aromatic N) is 2. The number of carbonyl (C=O) groups excluding carboxylic acids is 5.